The van der Waals surface area contributed by atoms with E-state index in [1.807, 2.05) is 19.1 Å². The number of hydrogen-bond acceptors (Lipinski definition) is 5. The monoisotopic (exact) mass is 237 g/mol. The molecule has 0 radical (unpaired) electrons. The number of hydrogen-bond donors (Lipinski definition) is 2. The van der Waals surface area contributed by atoms with Crippen LogP contribution in [-0.2, 0) is 4.74 Å². The van der Waals surface area contributed by atoms with Crippen molar-refractivity contribution in [2.24, 2.45) is 0 Å². The molecule has 0 saturated carbocycles. The van der Waals surface area contributed by atoms with Gasteiger partial charge in [0, 0.05) is 31.0 Å². The molecule has 0 aliphatic carbocycles. The van der Waals surface area contributed by atoms with Crippen molar-refractivity contribution in [2.45, 2.75) is 13.0 Å². The molecule has 1 unspecified atom stereocenters. The van der Waals surface area contributed by atoms with E-state index in [-0.39, 0.29) is 12.6 Å². The molecule has 1 atom stereocenters. The first-order chi connectivity index (χ1) is 8.35. The number of rotatable bonds is 4. The molecule has 17 heavy (non-hydrogen) atoms. The van der Waals surface area contributed by atoms with Crippen molar-refractivity contribution in [2.75, 3.05) is 43.1 Å². The number of ether oxygens (including phenoxy) is 1. The van der Waals surface area contributed by atoms with Crippen LogP contribution in [0.25, 0.3) is 0 Å². The molecule has 2 N–H and O–H groups in total. The predicted octanol–water partition coefficient (Wildman–Crippen LogP) is 0.711. The molecule has 1 aliphatic rings. The van der Waals surface area contributed by atoms with Gasteiger partial charge in [0.1, 0.15) is 5.82 Å². The lowest BCUT2D eigenvalue weighted by Crippen LogP contribution is -2.47. The standard InChI is InChI=1S/C12H19N3O2/c1-2-13-12-7-10(3-4-14-12)15-5-6-17-9-11(15)8-16/h3-4,7,11,16H,2,5-6,8-9H2,1H3,(H,13,14). The summed E-state index contributed by atoms with van der Waals surface area (Å²) in [7, 11) is 0. The van der Waals surface area contributed by atoms with Crippen molar-refractivity contribution in [1.29, 1.82) is 0 Å². The number of aromatic nitrogens is 1. The van der Waals surface area contributed by atoms with Crippen molar-refractivity contribution in [3.8, 4) is 0 Å². The zero-order valence-corrected chi connectivity index (χ0v) is 10.1. The van der Waals surface area contributed by atoms with Crippen molar-refractivity contribution in [3.05, 3.63) is 18.3 Å². The molecule has 1 fully saturated rings. The van der Waals surface area contributed by atoms with Crippen LogP contribution in [0.2, 0.25) is 0 Å². The minimum atomic E-state index is 0.0422. The van der Waals surface area contributed by atoms with Crippen molar-refractivity contribution in [3.63, 3.8) is 0 Å². The van der Waals surface area contributed by atoms with E-state index in [0.717, 1.165) is 24.6 Å². The predicted molar refractivity (Wildman–Crippen MR) is 67.4 cm³/mol. The number of aliphatic hydroxyl groups is 1. The van der Waals surface area contributed by atoms with Gasteiger partial charge >= 0.3 is 0 Å². The highest BCUT2D eigenvalue weighted by Gasteiger charge is 2.22. The second-order valence-corrected chi connectivity index (χ2v) is 4.03. The zero-order valence-electron chi connectivity index (χ0n) is 10.1. The van der Waals surface area contributed by atoms with E-state index in [1.54, 1.807) is 6.20 Å². The Kier molecular flexibility index (Phi) is 4.17. The minimum absolute atomic E-state index is 0.0422. The van der Waals surface area contributed by atoms with Crippen molar-refractivity contribution >= 4 is 11.5 Å². The largest absolute Gasteiger partial charge is 0.394 e. The summed E-state index contributed by atoms with van der Waals surface area (Å²) in [6, 6.07) is 4.02. The summed E-state index contributed by atoms with van der Waals surface area (Å²) in [6.07, 6.45) is 1.79. The lowest BCUT2D eigenvalue weighted by molar-refractivity contribution is 0.0727. The summed E-state index contributed by atoms with van der Waals surface area (Å²) in [5, 5.41) is 12.5. The van der Waals surface area contributed by atoms with Crippen LogP contribution in [-0.4, -0.2) is 49.0 Å². The van der Waals surface area contributed by atoms with Crippen LogP contribution in [0.5, 0.6) is 0 Å². The van der Waals surface area contributed by atoms with E-state index in [4.69, 9.17) is 4.74 Å². The van der Waals surface area contributed by atoms with Crippen LogP contribution >= 0.6 is 0 Å². The van der Waals surface area contributed by atoms with Gasteiger partial charge < -0.3 is 20.1 Å². The number of pyridine rings is 1. The van der Waals surface area contributed by atoms with Crippen LogP contribution in [0.3, 0.4) is 0 Å². The van der Waals surface area contributed by atoms with Crippen molar-refractivity contribution < 1.29 is 9.84 Å². The van der Waals surface area contributed by atoms with Gasteiger partial charge in [-0.2, -0.15) is 0 Å². The molecule has 5 nitrogen and oxygen atoms in total. The van der Waals surface area contributed by atoms with Crippen LogP contribution < -0.4 is 10.2 Å². The average molecular weight is 237 g/mol. The molecule has 0 amide bonds. The van der Waals surface area contributed by atoms with Gasteiger partial charge in [-0.1, -0.05) is 0 Å². The third-order valence-corrected chi connectivity index (χ3v) is 2.87. The van der Waals surface area contributed by atoms with E-state index < -0.39 is 0 Å². The van der Waals surface area contributed by atoms with Gasteiger partial charge in [0.2, 0.25) is 0 Å². The van der Waals surface area contributed by atoms with Crippen molar-refractivity contribution in [1.82, 2.24) is 4.98 Å². The second kappa shape index (κ2) is 5.84. The maximum atomic E-state index is 9.34. The molecule has 2 heterocycles. The molecule has 94 valence electrons. The van der Waals surface area contributed by atoms with E-state index in [9.17, 15) is 5.11 Å². The maximum Gasteiger partial charge on any atom is 0.127 e. The number of morpholine rings is 1. The Hall–Kier alpha value is -1.33. The third kappa shape index (κ3) is 2.87. The van der Waals surface area contributed by atoms with Crippen LogP contribution in [0.15, 0.2) is 18.3 Å². The summed E-state index contributed by atoms with van der Waals surface area (Å²) in [5.41, 5.74) is 1.08. The lowest BCUT2D eigenvalue weighted by atomic mass is 10.2. The summed E-state index contributed by atoms with van der Waals surface area (Å²) >= 11 is 0. The number of anilines is 2. The molecule has 2 rings (SSSR count). The van der Waals surface area contributed by atoms with Gasteiger partial charge in [-0.05, 0) is 13.0 Å². The number of nitrogens with one attached hydrogen (secondary N) is 1. The average Bonchev–Trinajstić information content (AvgIpc) is 2.39. The molecule has 1 saturated heterocycles. The van der Waals surface area contributed by atoms with Crippen LogP contribution in [0.4, 0.5) is 11.5 Å². The smallest absolute Gasteiger partial charge is 0.127 e. The lowest BCUT2D eigenvalue weighted by Gasteiger charge is -2.36. The summed E-state index contributed by atoms with van der Waals surface area (Å²) in [4.78, 5) is 6.42. The first-order valence-corrected chi connectivity index (χ1v) is 6.00. The number of nitrogens with zero attached hydrogens (tertiary/aromatic N) is 2. The Morgan fingerprint density at radius 1 is 1.65 bits per heavy atom. The van der Waals surface area contributed by atoms with E-state index >= 15 is 0 Å². The Bertz CT molecular complexity index is 359. The van der Waals surface area contributed by atoms with E-state index in [1.165, 1.54) is 0 Å². The molecular weight excluding hydrogens is 218 g/mol. The van der Waals surface area contributed by atoms with Gasteiger partial charge in [0.05, 0.1) is 25.9 Å². The first kappa shape index (κ1) is 12.1. The Balaban J connectivity index is 2.16. The maximum absolute atomic E-state index is 9.34. The molecular formula is C12H19N3O2. The highest BCUT2D eigenvalue weighted by Crippen LogP contribution is 2.21. The van der Waals surface area contributed by atoms with E-state index in [0.29, 0.717) is 13.2 Å². The van der Waals surface area contributed by atoms with Gasteiger partial charge in [-0.25, -0.2) is 4.98 Å². The molecule has 1 aromatic rings. The first-order valence-electron chi connectivity index (χ1n) is 6.00. The Morgan fingerprint density at radius 3 is 3.29 bits per heavy atom. The topological polar surface area (TPSA) is 57.6 Å². The minimum Gasteiger partial charge on any atom is -0.394 e. The second-order valence-electron chi connectivity index (χ2n) is 4.03. The fraction of sp³-hybridized carbons (Fsp3) is 0.583. The van der Waals surface area contributed by atoms with Gasteiger partial charge in [-0.3, -0.25) is 0 Å². The highest BCUT2D eigenvalue weighted by atomic mass is 16.5. The Labute approximate surface area is 101 Å². The molecule has 1 aliphatic heterocycles. The molecule has 5 heteroatoms. The summed E-state index contributed by atoms with van der Waals surface area (Å²) < 4.78 is 5.37. The Morgan fingerprint density at radius 2 is 2.53 bits per heavy atom. The van der Waals surface area contributed by atoms with Gasteiger partial charge in [0.15, 0.2) is 0 Å². The normalized spacial score (nSPS) is 20.4. The summed E-state index contributed by atoms with van der Waals surface area (Å²) in [5.74, 6) is 0.869. The molecule has 0 aromatic carbocycles. The SMILES string of the molecule is CCNc1cc(N2CCOCC2CO)ccn1. The summed E-state index contributed by atoms with van der Waals surface area (Å²) in [6.45, 7) is 5.09. The van der Waals surface area contributed by atoms with Gasteiger partial charge in [0.25, 0.3) is 0 Å². The fourth-order valence-electron chi connectivity index (χ4n) is 2.02. The van der Waals surface area contributed by atoms with Crippen LogP contribution in [0, 0.1) is 0 Å². The number of aliphatic hydroxyl groups excluding tert-OH is 1. The molecule has 1 aromatic heterocycles. The highest BCUT2D eigenvalue weighted by molar-refractivity contribution is 5.54. The molecule has 0 bridgehead atoms. The fourth-order valence-corrected chi connectivity index (χ4v) is 2.02. The van der Waals surface area contributed by atoms with Crippen LogP contribution in [0.1, 0.15) is 6.92 Å². The van der Waals surface area contributed by atoms with Gasteiger partial charge in [-0.15, -0.1) is 0 Å². The molecule has 0 spiro atoms. The zero-order chi connectivity index (χ0) is 12.1. The van der Waals surface area contributed by atoms with E-state index in [2.05, 4.69) is 15.2 Å². The third-order valence-electron chi connectivity index (χ3n) is 2.87. The quantitative estimate of drug-likeness (QED) is 0.807.